The molecule has 0 amide bonds. The summed E-state index contributed by atoms with van der Waals surface area (Å²) in [6.07, 6.45) is 2.90. The number of hydrogen-bond acceptors (Lipinski definition) is 6. The van der Waals surface area contributed by atoms with Crippen molar-refractivity contribution in [3.8, 4) is 11.4 Å². The molecule has 102 valence electrons. The average Bonchev–Trinajstić information content (AvgIpc) is 2.46. The predicted octanol–water partition coefficient (Wildman–Crippen LogP) is 2.20. The van der Waals surface area contributed by atoms with Crippen molar-refractivity contribution in [2.75, 3.05) is 12.8 Å². The van der Waals surface area contributed by atoms with Crippen LogP contribution in [0.3, 0.4) is 0 Å². The van der Waals surface area contributed by atoms with E-state index in [9.17, 15) is 4.79 Å². The first-order valence-electron chi connectivity index (χ1n) is 5.57. The lowest BCUT2D eigenvalue weighted by atomic mass is 10.2. The number of nitrogens with two attached hydrogens (primary N) is 1. The summed E-state index contributed by atoms with van der Waals surface area (Å²) in [5.74, 6) is -0.213. The van der Waals surface area contributed by atoms with Gasteiger partial charge in [0.2, 0.25) is 0 Å². The number of methoxy groups -OCH3 is 1. The molecular weight excluding hydrogens is 280 g/mol. The maximum atomic E-state index is 11.7. The van der Waals surface area contributed by atoms with Crippen molar-refractivity contribution in [2.24, 2.45) is 0 Å². The Kier molecular flexibility index (Phi) is 3.95. The van der Waals surface area contributed by atoms with Crippen LogP contribution in [0.1, 0.15) is 16.1 Å². The molecule has 2 aromatic rings. The van der Waals surface area contributed by atoms with E-state index in [0.717, 1.165) is 0 Å². The molecule has 0 aliphatic rings. The van der Waals surface area contributed by atoms with E-state index in [2.05, 4.69) is 26.3 Å². The van der Waals surface area contributed by atoms with Crippen LogP contribution in [0.25, 0.3) is 17.5 Å². The number of carbonyl (C=O) groups excluding carboxylic acids is 1. The summed E-state index contributed by atoms with van der Waals surface area (Å²) in [5, 5.41) is 0.345. The van der Waals surface area contributed by atoms with Crippen molar-refractivity contribution in [1.29, 1.82) is 0 Å². The van der Waals surface area contributed by atoms with Gasteiger partial charge in [-0.2, -0.15) is 0 Å². The van der Waals surface area contributed by atoms with E-state index >= 15 is 0 Å². The first-order chi connectivity index (χ1) is 9.56. The smallest absolute Gasteiger partial charge is 0.357 e. The monoisotopic (exact) mass is 290 g/mol. The average molecular weight is 291 g/mol. The quantitative estimate of drug-likeness (QED) is 0.688. The largest absolute Gasteiger partial charge is 0.464 e. The zero-order chi connectivity index (χ0) is 14.7. The number of halogens is 1. The van der Waals surface area contributed by atoms with Crippen molar-refractivity contribution in [1.82, 2.24) is 15.0 Å². The van der Waals surface area contributed by atoms with Gasteiger partial charge in [0.15, 0.2) is 11.5 Å². The van der Waals surface area contributed by atoms with Gasteiger partial charge in [0.25, 0.3) is 0 Å². The van der Waals surface area contributed by atoms with Gasteiger partial charge in [0, 0.05) is 17.3 Å². The fraction of sp³-hybridized carbons (Fsp3) is 0.0769. The second-order valence-electron chi connectivity index (χ2n) is 3.76. The summed E-state index contributed by atoms with van der Waals surface area (Å²) in [7, 11) is 1.26. The van der Waals surface area contributed by atoms with Gasteiger partial charge in [0.05, 0.1) is 7.11 Å². The van der Waals surface area contributed by atoms with Crippen LogP contribution >= 0.6 is 11.6 Å². The topological polar surface area (TPSA) is 91.0 Å². The number of anilines is 1. The summed E-state index contributed by atoms with van der Waals surface area (Å²) < 4.78 is 4.67. The molecule has 0 aromatic carbocycles. The first kappa shape index (κ1) is 14.0. The number of hydrogen-bond donors (Lipinski definition) is 1. The van der Waals surface area contributed by atoms with Crippen molar-refractivity contribution in [3.63, 3.8) is 0 Å². The SMILES string of the molecule is C=Cc1c(N)nc(-c2ccc(Cl)nc2)nc1C(=O)OC. The molecule has 7 heteroatoms. The number of aromatic nitrogens is 3. The van der Waals surface area contributed by atoms with Gasteiger partial charge >= 0.3 is 5.97 Å². The van der Waals surface area contributed by atoms with E-state index < -0.39 is 5.97 Å². The minimum Gasteiger partial charge on any atom is -0.464 e. The number of rotatable bonds is 3. The van der Waals surface area contributed by atoms with Gasteiger partial charge in [-0.3, -0.25) is 0 Å². The Balaban J connectivity index is 2.61. The molecule has 2 rings (SSSR count). The zero-order valence-electron chi connectivity index (χ0n) is 10.6. The van der Waals surface area contributed by atoms with Crippen LogP contribution < -0.4 is 5.73 Å². The molecule has 0 fully saturated rings. The van der Waals surface area contributed by atoms with Crippen LogP contribution in [0.4, 0.5) is 5.82 Å². The van der Waals surface area contributed by atoms with Crippen LogP contribution in [0.15, 0.2) is 24.9 Å². The minimum absolute atomic E-state index is 0.0555. The Morgan fingerprint density at radius 2 is 2.20 bits per heavy atom. The number of esters is 1. The summed E-state index contributed by atoms with van der Waals surface area (Å²) in [6.45, 7) is 3.59. The Labute approximate surface area is 120 Å². The zero-order valence-corrected chi connectivity index (χ0v) is 11.4. The van der Waals surface area contributed by atoms with Gasteiger partial charge in [0.1, 0.15) is 11.0 Å². The Hall–Kier alpha value is -2.47. The lowest BCUT2D eigenvalue weighted by Gasteiger charge is -2.08. The van der Waals surface area contributed by atoms with Gasteiger partial charge < -0.3 is 10.5 Å². The highest BCUT2D eigenvalue weighted by Crippen LogP contribution is 2.22. The molecule has 2 N–H and O–H groups in total. The Bertz CT molecular complexity index is 671. The molecule has 0 aliphatic heterocycles. The van der Waals surface area contributed by atoms with E-state index in [1.54, 1.807) is 12.1 Å². The molecule has 0 saturated heterocycles. The third-order valence-electron chi connectivity index (χ3n) is 2.54. The molecule has 2 aromatic heterocycles. The maximum Gasteiger partial charge on any atom is 0.357 e. The fourth-order valence-electron chi connectivity index (χ4n) is 1.58. The standard InChI is InChI=1S/C13H11ClN4O2/c1-3-8-10(13(19)20-2)17-12(18-11(8)15)7-4-5-9(14)16-6-7/h3-6H,1H2,2H3,(H2,15,17,18). The van der Waals surface area contributed by atoms with E-state index in [0.29, 0.717) is 16.3 Å². The van der Waals surface area contributed by atoms with E-state index in [1.807, 2.05) is 0 Å². The molecule has 2 heterocycles. The third kappa shape index (κ3) is 2.60. The summed E-state index contributed by atoms with van der Waals surface area (Å²) in [6, 6.07) is 3.27. The number of nitrogen functional groups attached to an aromatic ring is 1. The maximum absolute atomic E-state index is 11.7. The van der Waals surface area contributed by atoms with Crippen molar-refractivity contribution < 1.29 is 9.53 Å². The molecule has 0 bridgehead atoms. The minimum atomic E-state index is -0.614. The molecule has 0 unspecified atom stereocenters. The number of nitrogens with zero attached hydrogens (tertiary/aromatic N) is 3. The second-order valence-corrected chi connectivity index (χ2v) is 4.15. The number of carbonyl (C=O) groups is 1. The van der Waals surface area contributed by atoms with Crippen LogP contribution in [0, 0.1) is 0 Å². The van der Waals surface area contributed by atoms with Crippen molar-refractivity contribution >= 4 is 29.5 Å². The van der Waals surface area contributed by atoms with E-state index in [1.165, 1.54) is 19.4 Å². The summed E-state index contributed by atoms with van der Waals surface area (Å²) in [4.78, 5) is 23.9. The highest BCUT2D eigenvalue weighted by molar-refractivity contribution is 6.29. The fourth-order valence-corrected chi connectivity index (χ4v) is 1.69. The molecule has 0 atom stereocenters. The highest BCUT2D eigenvalue weighted by atomic mass is 35.5. The Morgan fingerprint density at radius 3 is 2.75 bits per heavy atom. The second kappa shape index (κ2) is 5.66. The van der Waals surface area contributed by atoms with Crippen LogP contribution in [-0.2, 0) is 4.74 Å². The van der Waals surface area contributed by atoms with Crippen molar-refractivity contribution in [2.45, 2.75) is 0 Å². The Morgan fingerprint density at radius 1 is 1.45 bits per heavy atom. The molecule has 0 saturated carbocycles. The van der Waals surface area contributed by atoms with Gasteiger partial charge in [-0.1, -0.05) is 24.3 Å². The molecular formula is C13H11ClN4O2. The van der Waals surface area contributed by atoms with E-state index in [-0.39, 0.29) is 17.3 Å². The predicted molar refractivity (Wildman–Crippen MR) is 76.1 cm³/mol. The van der Waals surface area contributed by atoms with Gasteiger partial charge in [-0.05, 0) is 12.1 Å². The molecule has 6 nitrogen and oxygen atoms in total. The van der Waals surface area contributed by atoms with Crippen molar-refractivity contribution in [3.05, 3.63) is 41.3 Å². The van der Waals surface area contributed by atoms with Crippen LogP contribution in [-0.4, -0.2) is 28.0 Å². The summed E-state index contributed by atoms with van der Waals surface area (Å²) in [5.41, 5.74) is 6.79. The highest BCUT2D eigenvalue weighted by Gasteiger charge is 2.18. The number of pyridine rings is 1. The first-order valence-corrected chi connectivity index (χ1v) is 5.94. The van der Waals surface area contributed by atoms with E-state index in [4.69, 9.17) is 17.3 Å². The normalized spacial score (nSPS) is 10.1. The van der Waals surface area contributed by atoms with Crippen LogP contribution in [0.5, 0.6) is 0 Å². The molecule has 0 radical (unpaired) electrons. The lowest BCUT2D eigenvalue weighted by molar-refractivity contribution is 0.0594. The number of ether oxygens (including phenoxy) is 1. The molecule has 20 heavy (non-hydrogen) atoms. The van der Waals surface area contributed by atoms with Gasteiger partial charge in [-0.25, -0.2) is 19.7 Å². The summed E-state index contributed by atoms with van der Waals surface area (Å²) >= 11 is 5.72. The van der Waals surface area contributed by atoms with Gasteiger partial charge in [-0.15, -0.1) is 0 Å². The molecule has 0 aliphatic carbocycles. The van der Waals surface area contributed by atoms with Crippen LogP contribution in [0.2, 0.25) is 5.15 Å². The third-order valence-corrected chi connectivity index (χ3v) is 2.77. The molecule has 0 spiro atoms. The lowest BCUT2D eigenvalue weighted by Crippen LogP contribution is -2.11.